The summed E-state index contributed by atoms with van der Waals surface area (Å²) in [6, 6.07) is 21.9. The third-order valence-electron chi connectivity index (χ3n) is 24.1. The third-order valence-corrected chi connectivity index (χ3v) is 29.5. The van der Waals surface area contributed by atoms with E-state index < -0.39 is 0 Å². The minimum absolute atomic E-state index is 0.00441. The maximum Gasteiger partial charge on any atom is 0.261 e. The molecule has 4 amide bonds. The number of amides is 4. The van der Waals surface area contributed by atoms with Gasteiger partial charge < -0.3 is 19.6 Å². The van der Waals surface area contributed by atoms with Gasteiger partial charge in [0.25, 0.3) is 23.6 Å². The second-order valence-electron chi connectivity index (χ2n) is 33.1. The average Bonchev–Trinajstić information content (AvgIpc) is 1.56. The fraction of sp³-hybridized carbons (Fsp3) is 0.667. The lowest BCUT2D eigenvalue weighted by Crippen LogP contribution is -2.34. The summed E-state index contributed by atoms with van der Waals surface area (Å²) in [5.74, 6) is 1.40. The van der Waals surface area contributed by atoms with Crippen LogP contribution in [0.1, 0.15) is 383 Å². The van der Waals surface area contributed by atoms with E-state index >= 15 is 19.2 Å². The molecule has 602 valence electrons. The SMILES string of the molecule is CCCCCCCCC(CCCCCC)CN1C(=O)C2=C(c3ccc(-c4ccc(-c5ccc(C6=C7C(=O)N(CC(CCCCCC)CCCCCCCC)C(c8cccs8)=C7C(=O)N6CC(CCCCCC)CCCCCCCC)s5)s4)s3)N(CC(CCCCCC)CCCCCCCC)C(=O)C2=C1c1cccs1. The highest BCUT2D eigenvalue weighted by Gasteiger charge is 2.52. The van der Waals surface area contributed by atoms with Crippen LogP contribution in [0.3, 0.4) is 0 Å². The third kappa shape index (κ3) is 25.4. The van der Waals surface area contributed by atoms with Crippen LogP contribution in [-0.4, -0.2) is 69.4 Å². The van der Waals surface area contributed by atoms with E-state index in [0.717, 1.165) is 126 Å². The molecule has 109 heavy (non-hydrogen) atoms. The van der Waals surface area contributed by atoms with Crippen molar-refractivity contribution in [2.45, 2.75) is 364 Å². The number of hydrogen-bond acceptors (Lipinski definition) is 9. The lowest BCUT2D eigenvalue weighted by molar-refractivity contribution is -0.124. The molecule has 0 saturated heterocycles. The molecule has 0 saturated carbocycles. The molecular formula is C96H144N4O4S5. The van der Waals surface area contributed by atoms with Gasteiger partial charge in [0, 0.05) is 45.7 Å². The molecule has 5 aromatic rings. The molecule has 8 nitrogen and oxygen atoms in total. The molecule has 4 unspecified atom stereocenters. The molecule has 0 aliphatic carbocycles. The summed E-state index contributed by atoms with van der Waals surface area (Å²) in [5.41, 5.74) is 5.82. The highest BCUT2D eigenvalue weighted by molar-refractivity contribution is 7.27. The van der Waals surface area contributed by atoms with Gasteiger partial charge in [0.2, 0.25) is 0 Å². The first-order valence-electron chi connectivity index (χ1n) is 45.2. The number of thiophene rings is 5. The molecule has 9 rings (SSSR count). The largest absolute Gasteiger partial charge is 0.306 e. The Balaban J connectivity index is 1.09. The van der Waals surface area contributed by atoms with Crippen molar-refractivity contribution < 1.29 is 19.2 Å². The smallest absolute Gasteiger partial charge is 0.261 e. The topological polar surface area (TPSA) is 81.2 Å². The normalized spacial score (nSPS) is 15.9. The molecule has 0 fully saturated rings. The van der Waals surface area contributed by atoms with Crippen molar-refractivity contribution in [1.29, 1.82) is 0 Å². The molecule has 9 heterocycles. The van der Waals surface area contributed by atoms with Crippen molar-refractivity contribution in [2.24, 2.45) is 23.7 Å². The monoisotopic (exact) mass is 1580 g/mol. The van der Waals surface area contributed by atoms with E-state index in [1.807, 2.05) is 0 Å². The van der Waals surface area contributed by atoms with Crippen molar-refractivity contribution in [3.8, 4) is 19.5 Å². The molecule has 0 aromatic carbocycles. The fourth-order valence-corrected chi connectivity index (χ4v) is 22.7. The quantitative estimate of drug-likeness (QED) is 0.0363. The van der Waals surface area contributed by atoms with Crippen molar-refractivity contribution in [3.05, 3.63) is 113 Å². The molecule has 0 N–H and O–H groups in total. The number of carbonyl (C=O) groups is 4. The average molecular weight is 1580 g/mol. The minimum atomic E-state index is 0.00441. The zero-order valence-electron chi connectivity index (χ0n) is 69.5. The highest BCUT2D eigenvalue weighted by atomic mass is 32.1. The zero-order valence-corrected chi connectivity index (χ0v) is 73.6. The molecule has 4 atom stereocenters. The van der Waals surface area contributed by atoms with Crippen LogP contribution in [-0.2, 0) is 19.2 Å². The van der Waals surface area contributed by atoms with E-state index in [-0.39, 0.29) is 23.6 Å². The second kappa shape index (κ2) is 49.2. The van der Waals surface area contributed by atoms with Gasteiger partial charge in [-0.3, -0.25) is 19.2 Å². The van der Waals surface area contributed by atoms with E-state index in [1.165, 1.54) is 244 Å². The molecule has 0 spiro atoms. The predicted octanol–water partition coefficient (Wildman–Crippen LogP) is 30.3. The number of fused-ring (bicyclic) bond motifs is 2. The van der Waals surface area contributed by atoms with E-state index in [1.54, 1.807) is 56.7 Å². The van der Waals surface area contributed by atoms with Crippen LogP contribution in [0.15, 0.2) is 93.7 Å². The van der Waals surface area contributed by atoms with Crippen molar-refractivity contribution in [1.82, 2.24) is 19.6 Å². The number of rotatable bonds is 62. The van der Waals surface area contributed by atoms with Crippen LogP contribution >= 0.6 is 56.7 Å². The summed E-state index contributed by atoms with van der Waals surface area (Å²) in [4.78, 5) is 81.2. The number of unbranched alkanes of at least 4 members (excludes halogenated alkanes) is 32. The summed E-state index contributed by atoms with van der Waals surface area (Å²) in [7, 11) is 0. The Morgan fingerprint density at radius 1 is 0.229 bits per heavy atom. The maximum atomic E-state index is 16.1. The van der Waals surface area contributed by atoms with Gasteiger partial charge in [-0.15, -0.1) is 56.7 Å². The van der Waals surface area contributed by atoms with E-state index in [9.17, 15) is 0 Å². The first kappa shape index (κ1) is 88.3. The van der Waals surface area contributed by atoms with Gasteiger partial charge >= 0.3 is 0 Å². The maximum absolute atomic E-state index is 16.1. The number of nitrogens with zero attached hydrogens (tertiary/aromatic N) is 4. The van der Waals surface area contributed by atoms with E-state index in [0.29, 0.717) is 72.1 Å². The van der Waals surface area contributed by atoms with E-state index in [4.69, 9.17) is 0 Å². The summed E-state index contributed by atoms with van der Waals surface area (Å²) in [6.45, 7) is 20.8. The molecule has 0 radical (unpaired) electrons. The van der Waals surface area contributed by atoms with E-state index in [2.05, 4.69) is 146 Å². The van der Waals surface area contributed by atoms with Gasteiger partial charge in [0.1, 0.15) is 0 Å². The van der Waals surface area contributed by atoms with Crippen LogP contribution < -0.4 is 0 Å². The molecule has 4 aliphatic heterocycles. The van der Waals surface area contributed by atoms with Gasteiger partial charge in [-0.05, 0) is 134 Å². The lowest BCUT2D eigenvalue weighted by Gasteiger charge is -2.29. The minimum Gasteiger partial charge on any atom is -0.306 e. The lowest BCUT2D eigenvalue weighted by atomic mass is 9.93. The Bertz CT molecular complexity index is 3380. The van der Waals surface area contributed by atoms with Crippen LogP contribution in [0, 0.1) is 23.7 Å². The summed E-state index contributed by atoms with van der Waals surface area (Å²) in [5, 5.41) is 4.23. The molecule has 13 heteroatoms. The molecular weight excluding hydrogens is 1430 g/mol. The predicted molar refractivity (Wildman–Crippen MR) is 475 cm³/mol. The standard InChI is InChI=1S/C96H144N4O4S5/c1-9-17-25-33-37-45-55-73(51-41-29-21-13-5)69-97-89(81-59-49-67-105-81)85-87(95(97)103)91(99(93(85)101)71-75(53-43-31-23-15-7)57-47-39-35-27-19-11-3)83-65-63-79(108-83)77-61-62-78(107-77)80-64-66-84(109-80)92-88-86(94(102)100(92)72-76(54-44-32-24-16-8)58-48-40-36-28-20-12-4)90(82-60-50-68-106-82)98(96(88)104)70-74(52-42-30-22-14-6)56-46-38-34-26-18-10-2/h49-50,59-68,73-76H,9-48,51-58,69-72H2,1-8H3. The van der Waals surface area contributed by atoms with Crippen molar-refractivity contribution in [2.75, 3.05) is 26.2 Å². The Labute approximate surface area is 683 Å². The van der Waals surface area contributed by atoms with Gasteiger partial charge in [0.15, 0.2) is 0 Å². The van der Waals surface area contributed by atoms with Crippen molar-refractivity contribution >= 4 is 103 Å². The summed E-state index contributed by atoms with van der Waals surface area (Å²) >= 11 is 8.56. The highest BCUT2D eigenvalue weighted by Crippen LogP contribution is 2.54. The zero-order chi connectivity index (χ0) is 77.0. The Kier molecular flexibility index (Phi) is 39.8. The van der Waals surface area contributed by atoms with Crippen LogP contribution in [0.5, 0.6) is 0 Å². The summed E-state index contributed by atoms with van der Waals surface area (Å²) < 4.78 is 0. The Morgan fingerprint density at radius 3 is 0.624 bits per heavy atom. The van der Waals surface area contributed by atoms with Crippen LogP contribution in [0.2, 0.25) is 0 Å². The first-order valence-corrected chi connectivity index (χ1v) is 49.4. The number of carbonyl (C=O) groups excluding carboxylic acids is 4. The Morgan fingerprint density at radius 2 is 0.413 bits per heavy atom. The Hall–Kier alpha value is -4.66. The first-order chi connectivity index (χ1) is 53.5. The fourth-order valence-electron chi connectivity index (χ4n) is 17.8. The van der Waals surface area contributed by atoms with Crippen molar-refractivity contribution in [3.63, 3.8) is 0 Å². The van der Waals surface area contributed by atoms with Gasteiger partial charge in [-0.25, -0.2) is 0 Å². The van der Waals surface area contributed by atoms with Gasteiger partial charge in [-0.2, -0.15) is 0 Å². The van der Waals surface area contributed by atoms with Gasteiger partial charge in [0.05, 0.1) is 64.6 Å². The van der Waals surface area contributed by atoms with Crippen LogP contribution in [0.4, 0.5) is 0 Å². The second-order valence-corrected chi connectivity index (χ2v) is 38.2. The van der Waals surface area contributed by atoms with Crippen LogP contribution in [0.25, 0.3) is 42.3 Å². The van der Waals surface area contributed by atoms with Gasteiger partial charge in [-0.1, -0.05) is 324 Å². The molecule has 0 bridgehead atoms. The molecule has 4 aliphatic rings. The number of hydrogen-bond donors (Lipinski definition) is 0. The molecule has 5 aromatic heterocycles. The summed E-state index contributed by atoms with van der Waals surface area (Å²) in [6.07, 6.45) is 57.9.